The van der Waals surface area contributed by atoms with Gasteiger partial charge in [-0.3, -0.25) is 4.79 Å². The average Bonchev–Trinajstić information content (AvgIpc) is 2.39. The van der Waals surface area contributed by atoms with Gasteiger partial charge < -0.3 is 10.4 Å². The first-order valence-electron chi connectivity index (χ1n) is 6.71. The first-order valence-corrected chi connectivity index (χ1v) is 6.71. The summed E-state index contributed by atoms with van der Waals surface area (Å²) in [5, 5.41) is 11.8. The molecule has 0 radical (unpaired) electrons. The number of benzene rings is 1. The highest BCUT2D eigenvalue weighted by Gasteiger charge is 2.11. The Morgan fingerprint density at radius 1 is 1.28 bits per heavy atom. The lowest BCUT2D eigenvalue weighted by molar-refractivity contribution is 0.0929. The summed E-state index contributed by atoms with van der Waals surface area (Å²) in [6, 6.07) is 7.80. The van der Waals surface area contributed by atoms with E-state index in [2.05, 4.69) is 12.2 Å². The van der Waals surface area contributed by atoms with E-state index >= 15 is 0 Å². The van der Waals surface area contributed by atoms with Crippen LogP contribution in [0.25, 0.3) is 0 Å². The fourth-order valence-electron chi connectivity index (χ4n) is 1.91. The molecule has 1 aromatic carbocycles. The van der Waals surface area contributed by atoms with Crippen LogP contribution in [0.5, 0.6) is 0 Å². The van der Waals surface area contributed by atoms with Gasteiger partial charge in [0.25, 0.3) is 5.91 Å². The number of aryl methyl sites for hydroxylation is 1. The standard InChI is InChI=1S/C15H23NO2/c1-3-5-12-6-8-13(9-7-12)15(18)16-14(4-2)10-11-17/h6-9,14,17H,3-5,10-11H2,1-2H3,(H,16,18). The second kappa shape index (κ2) is 7.88. The van der Waals surface area contributed by atoms with Gasteiger partial charge >= 0.3 is 0 Å². The molecule has 0 heterocycles. The normalized spacial score (nSPS) is 12.2. The van der Waals surface area contributed by atoms with Crippen LogP contribution >= 0.6 is 0 Å². The summed E-state index contributed by atoms with van der Waals surface area (Å²) in [6.07, 6.45) is 3.60. The second-order valence-electron chi connectivity index (χ2n) is 4.54. The summed E-state index contributed by atoms with van der Waals surface area (Å²) < 4.78 is 0. The first-order chi connectivity index (χ1) is 8.71. The minimum atomic E-state index is -0.0571. The van der Waals surface area contributed by atoms with Gasteiger partial charge in [-0.05, 0) is 37.0 Å². The number of aliphatic hydroxyl groups excluding tert-OH is 1. The maximum Gasteiger partial charge on any atom is 0.251 e. The van der Waals surface area contributed by atoms with E-state index in [9.17, 15) is 4.79 Å². The molecule has 18 heavy (non-hydrogen) atoms. The molecule has 0 aromatic heterocycles. The Balaban J connectivity index is 2.60. The molecule has 2 N–H and O–H groups in total. The predicted octanol–water partition coefficient (Wildman–Crippen LogP) is 2.53. The molecule has 0 fully saturated rings. The van der Waals surface area contributed by atoms with Gasteiger partial charge in [-0.15, -0.1) is 0 Å². The predicted molar refractivity (Wildman–Crippen MR) is 73.7 cm³/mol. The van der Waals surface area contributed by atoms with Gasteiger partial charge in [-0.1, -0.05) is 32.4 Å². The molecule has 0 aliphatic carbocycles. The Labute approximate surface area is 109 Å². The van der Waals surface area contributed by atoms with Crippen molar-refractivity contribution in [3.63, 3.8) is 0 Å². The first kappa shape index (κ1) is 14.7. The summed E-state index contributed by atoms with van der Waals surface area (Å²) in [5.41, 5.74) is 1.95. The van der Waals surface area contributed by atoms with Crippen molar-refractivity contribution in [2.24, 2.45) is 0 Å². The van der Waals surface area contributed by atoms with Crippen LogP contribution in [0.15, 0.2) is 24.3 Å². The van der Waals surface area contributed by atoms with Crippen molar-refractivity contribution in [1.82, 2.24) is 5.32 Å². The van der Waals surface area contributed by atoms with Gasteiger partial charge in [-0.2, -0.15) is 0 Å². The third-order valence-corrected chi connectivity index (χ3v) is 3.06. The molecule has 0 saturated heterocycles. The van der Waals surface area contributed by atoms with Gasteiger partial charge in [0.15, 0.2) is 0 Å². The Hall–Kier alpha value is -1.35. The van der Waals surface area contributed by atoms with Crippen LogP contribution in [0, 0.1) is 0 Å². The van der Waals surface area contributed by atoms with Crippen molar-refractivity contribution in [2.45, 2.75) is 45.6 Å². The molecule has 0 bridgehead atoms. The quantitative estimate of drug-likeness (QED) is 0.780. The molecule has 0 aliphatic rings. The summed E-state index contributed by atoms with van der Waals surface area (Å²) in [6.45, 7) is 4.25. The summed E-state index contributed by atoms with van der Waals surface area (Å²) in [7, 11) is 0. The molecule has 0 aliphatic heterocycles. The SMILES string of the molecule is CCCc1ccc(C(=O)NC(CC)CCO)cc1. The van der Waals surface area contributed by atoms with Crippen LogP contribution in [0.1, 0.15) is 49.0 Å². The number of carbonyl (C=O) groups is 1. The highest BCUT2D eigenvalue weighted by Crippen LogP contribution is 2.07. The molecule has 0 saturated carbocycles. The summed E-state index contributed by atoms with van der Waals surface area (Å²) >= 11 is 0. The lowest BCUT2D eigenvalue weighted by Gasteiger charge is -2.15. The number of hydrogen-bond acceptors (Lipinski definition) is 2. The number of aliphatic hydroxyl groups is 1. The molecule has 1 atom stereocenters. The van der Waals surface area contributed by atoms with Crippen LogP contribution in [0.2, 0.25) is 0 Å². The largest absolute Gasteiger partial charge is 0.396 e. The topological polar surface area (TPSA) is 49.3 Å². The average molecular weight is 249 g/mol. The maximum absolute atomic E-state index is 12.0. The minimum Gasteiger partial charge on any atom is -0.396 e. The second-order valence-corrected chi connectivity index (χ2v) is 4.54. The Morgan fingerprint density at radius 2 is 1.94 bits per heavy atom. The van der Waals surface area contributed by atoms with E-state index in [0.717, 1.165) is 19.3 Å². The third kappa shape index (κ3) is 4.49. The van der Waals surface area contributed by atoms with Crippen molar-refractivity contribution < 1.29 is 9.90 Å². The zero-order chi connectivity index (χ0) is 13.4. The van der Waals surface area contributed by atoms with Crippen molar-refractivity contribution in [2.75, 3.05) is 6.61 Å². The molecule has 3 heteroatoms. The summed E-state index contributed by atoms with van der Waals surface area (Å²) in [4.78, 5) is 12.0. The van der Waals surface area contributed by atoms with Crippen molar-refractivity contribution in [3.05, 3.63) is 35.4 Å². The molecule has 1 aromatic rings. The monoisotopic (exact) mass is 249 g/mol. The smallest absolute Gasteiger partial charge is 0.251 e. The van der Waals surface area contributed by atoms with Crippen LogP contribution in [-0.2, 0) is 6.42 Å². The van der Waals surface area contributed by atoms with Gasteiger partial charge in [-0.25, -0.2) is 0 Å². The van der Waals surface area contributed by atoms with E-state index in [0.29, 0.717) is 12.0 Å². The van der Waals surface area contributed by atoms with Crippen LogP contribution < -0.4 is 5.32 Å². The zero-order valence-electron chi connectivity index (χ0n) is 11.3. The fraction of sp³-hybridized carbons (Fsp3) is 0.533. The fourth-order valence-corrected chi connectivity index (χ4v) is 1.91. The van der Waals surface area contributed by atoms with E-state index in [1.165, 1.54) is 5.56 Å². The zero-order valence-corrected chi connectivity index (χ0v) is 11.3. The lowest BCUT2D eigenvalue weighted by Crippen LogP contribution is -2.35. The molecule has 1 unspecified atom stereocenters. The number of carbonyl (C=O) groups excluding carboxylic acids is 1. The van der Waals surface area contributed by atoms with E-state index in [4.69, 9.17) is 5.11 Å². The van der Waals surface area contributed by atoms with E-state index in [1.54, 1.807) is 0 Å². The Bertz CT molecular complexity index is 359. The number of rotatable bonds is 7. The molecular formula is C15H23NO2. The Morgan fingerprint density at radius 3 is 2.44 bits per heavy atom. The van der Waals surface area contributed by atoms with Gasteiger partial charge in [0.2, 0.25) is 0 Å². The number of nitrogens with one attached hydrogen (secondary N) is 1. The van der Waals surface area contributed by atoms with E-state index < -0.39 is 0 Å². The van der Waals surface area contributed by atoms with Crippen molar-refractivity contribution in [3.8, 4) is 0 Å². The van der Waals surface area contributed by atoms with Crippen LogP contribution in [-0.4, -0.2) is 23.7 Å². The summed E-state index contributed by atoms with van der Waals surface area (Å²) in [5.74, 6) is -0.0571. The Kier molecular flexibility index (Phi) is 6.44. The highest BCUT2D eigenvalue weighted by molar-refractivity contribution is 5.94. The third-order valence-electron chi connectivity index (χ3n) is 3.06. The van der Waals surface area contributed by atoms with Crippen LogP contribution in [0.3, 0.4) is 0 Å². The van der Waals surface area contributed by atoms with E-state index in [1.807, 2.05) is 31.2 Å². The molecule has 0 spiro atoms. The number of amides is 1. The lowest BCUT2D eigenvalue weighted by atomic mass is 10.1. The van der Waals surface area contributed by atoms with Crippen molar-refractivity contribution in [1.29, 1.82) is 0 Å². The minimum absolute atomic E-state index is 0.0535. The van der Waals surface area contributed by atoms with Gasteiger partial charge in [0.05, 0.1) is 0 Å². The van der Waals surface area contributed by atoms with Gasteiger partial charge in [0.1, 0.15) is 0 Å². The number of hydrogen-bond donors (Lipinski definition) is 2. The molecule has 1 amide bonds. The molecule has 3 nitrogen and oxygen atoms in total. The van der Waals surface area contributed by atoms with E-state index in [-0.39, 0.29) is 18.6 Å². The molecule has 100 valence electrons. The molecule has 1 rings (SSSR count). The van der Waals surface area contributed by atoms with Crippen LogP contribution in [0.4, 0.5) is 0 Å². The van der Waals surface area contributed by atoms with Gasteiger partial charge in [0, 0.05) is 18.2 Å². The highest BCUT2D eigenvalue weighted by atomic mass is 16.3. The maximum atomic E-state index is 12.0. The van der Waals surface area contributed by atoms with Crippen molar-refractivity contribution >= 4 is 5.91 Å². The molecular weight excluding hydrogens is 226 g/mol.